The maximum atomic E-state index is 13.9. The molecule has 4 rings (SSSR count). The van der Waals surface area contributed by atoms with Gasteiger partial charge in [-0.25, -0.2) is 4.39 Å². The van der Waals surface area contributed by atoms with E-state index in [0.717, 1.165) is 0 Å². The lowest BCUT2D eigenvalue weighted by Crippen LogP contribution is -2.11. The number of ether oxygens (including phenoxy) is 1. The van der Waals surface area contributed by atoms with E-state index in [2.05, 4.69) is 15.1 Å². The molecule has 0 bridgehead atoms. The van der Waals surface area contributed by atoms with Crippen molar-refractivity contribution in [1.82, 2.24) is 19.7 Å². The summed E-state index contributed by atoms with van der Waals surface area (Å²) < 4.78 is 20.8. The molecular formula is C17H12FN7O3. The maximum Gasteiger partial charge on any atom is 0.352 e. The summed E-state index contributed by atoms with van der Waals surface area (Å²) in [4.78, 5) is 18.1. The van der Waals surface area contributed by atoms with Gasteiger partial charge in [0.05, 0.1) is 15.8 Å². The summed E-state index contributed by atoms with van der Waals surface area (Å²) in [7, 11) is 0. The molecular weight excluding hydrogens is 369 g/mol. The van der Waals surface area contributed by atoms with Crippen molar-refractivity contribution in [3.63, 3.8) is 0 Å². The molecule has 4 N–H and O–H groups in total. The Kier molecular flexibility index (Phi) is 3.96. The molecule has 4 aromatic rings. The lowest BCUT2D eigenvalue weighted by Gasteiger charge is -2.05. The fraction of sp³-hybridized carbons (Fsp3) is 0. The highest BCUT2D eigenvalue weighted by atomic mass is 19.1. The molecule has 28 heavy (non-hydrogen) atoms. The van der Waals surface area contributed by atoms with Gasteiger partial charge < -0.3 is 16.2 Å². The van der Waals surface area contributed by atoms with Gasteiger partial charge in [-0.15, -0.1) is 5.10 Å². The molecule has 0 aliphatic heterocycles. The zero-order valence-corrected chi connectivity index (χ0v) is 14.1. The first kappa shape index (κ1) is 17.1. The van der Waals surface area contributed by atoms with E-state index in [1.54, 1.807) is 30.3 Å². The minimum absolute atomic E-state index is 0.0125. The molecule has 2 aromatic heterocycles. The van der Waals surface area contributed by atoms with Crippen LogP contribution < -0.4 is 16.2 Å². The van der Waals surface area contributed by atoms with Crippen LogP contribution in [0.5, 0.6) is 11.6 Å². The van der Waals surface area contributed by atoms with Gasteiger partial charge in [-0.1, -0.05) is 24.3 Å². The first-order valence-corrected chi connectivity index (χ1v) is 7.93. The molecule has 140 valence electrons. The molecule has 2 aromatic carbocycles. The molecule has 0 saturated heterocycles. The zero-order valence-electron chi connectivity index (χ0n) is 14.1. The summed E-state index contributed by atoms with van der Waals surface area (Å²) in [5, 5.41) is 15.9. The fourth-order valence-electron chi connectivity index (χ4n) is 2.66. The Morgan fingerprint density at radius 2 is 1.68 bits per heavy atom. The van der Waals surface area contributed by atoms with Crippen LogP contribution in [-0.4, -0.2) is 24.7 Å². The number of nitrogens with zero attached hydrogens (tertiary/aromatic N) is 5. The summed E-state index contributed by atoms with van der Waals surface area (Å²) >= 11 is 0. The van der Waals surface area contributed by atoms with Crippen LogP contribution in [0.2, 0.25) is 0 Å². The van der Waals surface area contributed by atoms with Crippen LogP contribution in [0.1, 0.15) is 0 Å². The highest BCUT2D eigenvalue weighted by molar-refractivity contribution is 5.86. The van der Waals surface area contributed by atoms with Crippen molar-refractivity contribution in [3.8, 4) is 17.6 Å². The van der Waals surface area contributed by atoms with Crippen LogP contribution >= 0.6 is 0 Å². The number of benzene rings is 2. The van der Waals surface area contributed by atoms with E-state index in [9.17, 15) is 14.5 Å². The minimum atomic E-state index is -0.762. The summed E-state index contributed by atoms with van der Waals surface area (Å²) in [5.41, 5.74) is 11.3. The van der Waals surface area contributed by atoms with E-state index in [1.807, 2.05) is 0 Å². The molecule has 10 nitrogen and oxygen atoms in total. The smallest absolute Gasteiger partial charge is 0.352 e. The van der Waals surface area contributed by atoms with E-state index in [0.29, 0.717) is 10.9 Å². The number of hydrogen-bond acceptors (Lipinski definition) is 8. The number of nitro groups is 1. The summed E-state index contributed by atoms with van der Waals surface area (Å²) in [6, 6.07) is 12.8. The van der Waals surface area contributed by atoms with Crippen molar-refractivity contribution >= 4 is 28.2 Å². The predicted molar refractivity (Wildman–Crippen MR) is 98.6 cm³/mol. The molecule has 0 unspecified atom stereocenters. The number of hydrogen-bond donors (Lipinski definition) is 2. The monoisotopic (exact) mass is 381 g/mol. The Morgan fingerprint density at radius 1 is 1.04 bits per heavy atom. The van der Waals surface area contributed by atoms with Crippen LogP contribution in [0.3, 0.4) is 0 Å². The van der Waals surface area contributed by atoms with Gasteiger partial charge in [0.15, 0.2) is 11.6 Å². The Morgan fingerprint density at radius 3 is 2.36 bits per heavy atom. The average molecular weight is 381 g/mol. The maximum absolute atomic E-state index is 13.9. The first-order chi connectivity index (χ1) is 13.5. The van der Waals surface area contributed by atoms with Crippen molar-refractivity contribution in [2.45, 2.75) is 0 Å². The van der Waals surface area contributed by atoms with E-state index >= 15 is 0 Å². The predicted octanol–water partition coefficient (Wildman–Crippen LogP) is 2.82. The van der Waals surface area contributed by atoms with Crippen molar-refractivity contribution < 1.29 is 14.1 Å². The second kappa shape index (κ2) is 6.46. The van der Waals surface area contributed by atoms with Gasteiger partial charge in [0.25, 0.3) is 5.95 Å². The molecule has 11 heteroatoms. The summed E-state index contributed by atoms with van der Waals surface area (Å²) in [6.07, 6.45) is 0. The molecule has 0 atom stereocenters. The summed E-state index contributed by atoms with van der Waals surface area (Å²) in [6.45, 7) is 0. The van der Waals surface area contributed by atoms with Gasteiger partial charge in [0.1, 0.15) is 0 Å². The van der Waals surface area contributed by atoms with Gasteiger partial charge in [0.2, 0.25) is 17.5 Å². The Bertz CT molecular complexity index is 1200. The van der Waals surface area contributed by atoms with Crippen LogP contribution in [-0.2, 0) is 0 Å². The molecule has 0 aliphatic carbocycles. The number of fused-ring (bicyclic) bond motifs is 1. The lowest BCUT2D eigenvalue weighted by atomic mass is 10.2. The molecule has 0 aliphatic rings. The highest BCUT2D eigenvalue weighted by Gasteiger charge is 2.23. The van der Waals surface area contributed by atoms with Gasteiger partial charge >= 0.3 is 5.69 Å². The van der Waals surface area contributed by atoms with Gasteiger partial charge in [-0.05, 0) is 24.3 Å². The second-order valence-corrected chi connectivity index (χ2v) is 5.67. The number of para-hydroxylation sites is 2. The number of nitrogens with two attached hydrogens (primary N) is 2. The molecule has 0 amide bonds. The van der Waals surface area contributed by atoms with E-state index in [-0.39, 0.29) is 17.6 Å². The first-order valence-electron chi connectivity index (χ1n) is 7.93. The van der Waals surface area contributed by atoms with Crippen molar-refractivity contribution in [2.75, 3.05) is 11.5 Å². The third-order valence-corrected chi connectivity index (χ3v) is 3.89. The zero-order chi connectivity index (χ0) is 19.8. The third-order valence-electron chi connectivity index (χ3n) is 3.89. The van der Waals surface area contributed by atoms with Crippen LogP contribution in [0.4, 0.5) is 21.7 Å². The number of halogens is 1. The normalized spacial score (nSPS) is 10.9. The number of nitrogen functional groups attached to an aromatic ring is 2. The van der Waals surface area contributed by atoms with E-state index in [1.165, 1.54) is 22.9 Å². The largest absolute Gasteiger partial charge is 0.434 e. The average Bonchev–Trinajstić information content (AvgIpc) is 3.01. The molecule has 0 radical (unpaired) electrons. The number of aromatic nitrogens is 4. The van der Waals surface area contributed by atoms with Crippen molar-refractivity contribution in [2.24, 2.45) is 0 Å². The van der Waals surface area contributed by atoms with Gasteiger partial charge in [0, 0.05) is 0 Å². The highest BCUT2D eigenvalue weighted by Crippen LogP contribution is 2.32. The molecule has 2 heterocycles. The van der Waals surface area contributed by atoms with Crippen molar-refractivity contribution in [1.29, 1.82) is 0 Å². The van der Waals surface area contributed by atoms with Crippen LogP contribution in [0, 0.1) is 15.9 Å². The summed E-state index contributed by atoms with van der Waals surface area (Å²) in [5.74, 6) is -1.35. The third kappa shape index (κ3) is 2.80. The van der Waals surface area contributed by atoms with Gasteiger partial charge in [-0.2, -0.15) is 14.6 Å². The quantitative estimate of drug-likeness (QED) is 0.405. The Hall–Kier alpha value is -4.28. The minimum Gasteiger partial charge on any atom is -0.434 e. The molecule has 0 saturated carbocycles. The second-order valence-electron chi connectivity index (χ2n) is 5.67. The molecule has 0 spiro atoms. The topological polar surface area (TPSA) is 148 Å². The number of anilines is 2. The van der Waals surface area contributed by atoms with Gasteiger partial charge in [-0.3, -0.25) is 10.1 Å². The standard InChI is InChI=1S/C17H12FN7O3/c18-10-6-2-4-8-12(10)28-16-9-5-1-3-7-11(9)24(23-16)17-21-14(19)13(25(26)27)15(20)22-17/h1-8H,(H4,19,20,21,22). The Labute approximate surface area is 156 Å². The SMILES string of the molecule is Nc1nc(-n2nc(Oc3ccccc3F)c3ccccc32)nc(N)c1[N+](=O)[O-]. The number of rotatable bonds is 4. The lowest BCUT2D eigenvalue weighted by molar-refractivity contribution is -0.383. The van der Waals surface area contributed by atoms with Crippen LogP contribution in [0.15, 0.2) is 48.5 Å². The van der Waals surface area contributed by atoms with E-state index < -0.39 is 28.1 Å². The molecule has 0 fully saturated rings. The van der Waals surface area contributed by atoms with E-state index in [4.69, 9.17) is 16.2 Å². The van der Waals surface area contributed by atoms with Crippen molar-refractivity contribution in [3.05, 3.63) is 64.5 Å². The fourth-order valence-corrected chi connectivity index (χ4v) is 2.66. The van der Waals surface area contributed by atoms with Crippen LogP contribution in [0.25, 0.3) is 16.9 Å². The Balaban J connectivity index is 1.88.